The second-order valence-electron chi connectivity index (χ2n) is 4.73. The molecule has 0 fully saturated rings. The van der Waals surface area contributed by atoms with Crippen molar-refractivity contribution in [3.05, 3.63) is 51.7 Å². The van der Waals surface area contributed by atoms with E-state index in [1.807, 2.05) is 0 Å². The summed E-state index contributed by atoms with van der Waals surface area (Å²) in [6.07, 6.45) is 0. The largest absolute Gasteiger partial charge is 0.455 e. The van der Waals surface area contributed by atoms with E-state index in [1.54, 1.807) is 18.2 Å². The van der Waals surface area contributed by atoms with Crippen LogP contribution in [0.3, 0.4) is 0 Å². The number of benzene rings is 1. The van der Waals surface area contributed by atoms with Gasteiger partial charge in [-0.1, -0.05) is 29.3 Å². The van der Waals surface area contributed by atoms with Crippen LogP contribution in [0.2, 0.25) is 10.0 Å². The summed E-state index contributed by atoms with van der Waals surface area (Å²) in [6.45, 7) is -0.0494. The predicted octanol–water partition coefficient (Wildman–Crippen LogP) is 3.19. The lowest BCUT2D eigenvalue weighted by Gasteiger charge is -2.07. The number of hydrogen-bond donors (Lipinski definition) is 0. The average Bonchev–Trinajstić information content (AvgIpc) is 2.98. The van der Waals surface area contributed by atoms with Gasteiger partial charge in [0.05, 0.1) is 10.0 Å². The molecule has 0 aliphatic rings. The van der Waals surface area contributed by atoms with E-state index < -0.39 is 16.0 Å². The van der Waals surface area contributed by atoms with E-state index in [4.69, 9.17) is 32.4 Å². The van der Waals surface area contributed by atoms with Crippen LogP contribution in [0, 0.1) is 0 Å². The minimum Gasteiger partial charge on any atom is -0.455 e. The van der Waals surface area contributed by atoms with Crippen molar-refractivity contribution < 1.29 is 22.4 Å². The number of halogens is 2. The minimum atomic E-state index is -3.74. The van der Waals surface area contributed by atoms with Crippen LogP contribution in [0.5, 0.6) is 0 Å². The number of esters is 1. The minimum absolute atomic E-state index is 0.0494. The van der Waals surface area contributed by atoms with Gasteiger partial charge >= 0.3 is 5.97 Å². The van der Waals surface area contributed by atoms with Gasteiger partial charge < -0.3 is 9.15 Å². The van der Waals surface area contributed by atoms with Gasteiger partial charge in [0.1, 0.15) is 6.61 Å². The summed E-state index contributed by atoms with van der Waals surface area (Å²) < 4.78 is 34.8. The molecule has 0 aliphatic carbocycles. The monoisotopic (exact) mass is 377 g/mol. The number of carbonyl (C=O) groups excluding carboxylic acids is 1. The molecule has 0 bridgehead atoms. The molecule has 0 atom stereocenters. The van der Waals surface area contributed by atoms with Gasteiger partial charge in [0.15, 0.2) is 0 Å². The van der Waals surface area contributed by atoms with E-state index in [0.717, 1.165) is 4.31 Å². The first-order valence-corrected chi connectivity index (χ1v) is 8.55. The molecule has 0 aliphatic heterocycles. The molecule has 2 rings (SSSR count). The first-order chi connectivity index (χ1) is 10.7. The van der Waals surface area contributed by atoms with Gasteiger partial charge in [0.25, 0.3) is 10.0 Å². The third-order valence-electron chi connectivity index (χ3n) is 2.87. The lowest BCUT2D eigenvalue weighted by atomic mass is 10.2. The second-order valence-corrected chi connectivity index (χ2v) is 7.63. The smallest absolute Gasteiger partial charge is 0.374 e. The van der Waals surface area contributed by atoms with Crippen LogP contribution in [0.4, 0.5) is 0 Å². The zero-order chi connectivity index (χ0) is 17.2. The van der Waals surface area contributed by atoms with Crippen LogP contribution < -0.4 is 0 Å². The summed E-state index contributed by atoms with van der Waals surface area (Å²) >= 11 is 11.7. The van der Waals surface area contributed by atoms with Crippen LogP contribution >= 0.6 is 23.2 Å². The highest BCUT2D eigenvalue weighted by Crippen LogP contribution is 2.23. The van der Waals surface area contributed by atoms with E-state index in [1.165, 1.54) is 26.2 Å². The molecule has 23 heavy (non-hydrogen) atoms. The standard InChI is InChI=1S/C14H13Cl2NO5S/c1-17(2)23(19,20)13-6-5-12(22-13)14(18)21-8-9-3-4-10(15)11(16)7-9/h3-7H,8H2,1-2H3. The van der Waals surface area contributed by atoms with Crippen LogP contribution in [0.1, 0.15) is 16.1 Å². The van der Waals surface area contributed by atoms with E-state index in [9.17, 15) is 13.2 Å². The van der Waals surface area contributed by atoms with Gasteiger partial charge in [-0.05, 0) is 29.8 Å². The molecule has 0 amide bonds. The van der Waals surface area contributed by atoms with E-state index >= 15 is 0 Å². The van der Waals surface area contributed by atoms with Gasteiger partial charge in [0.2, 0.25) is 10.9 Å². The number of nitrogens with zero attached hydrogens (tertiary/aromatic N) is 1. The summed E-state index contributed by atoms with van der Waals surface area (Å²) in [7, 11) is -1.02. The highest BCUT2D eigenvalue weighted by molar-refractivity contribution is 7.88. The Labute approximate surface area is 143 Å². The van der Waals surface area contributed by atoms with Crippen LogP contribution in [-0.4, -0.2) is 32.8 Å². The van der Waals surface area contributed by atoms with Crippen LogP contribution in [-0.2, 0) is 21.4 Å². The molecule has 9 heteroatoms. The molecule has 0 unspecified atom stereocenters. The molecule has 1 heterocycles. The third kappa shape index (κ3) is 4.06. The number of carbonyl (C=O) groups is 1. The van der Waals surface area contributed by atoms with Crippen molar-refractivity contribution in [2.75, 3.05) is 14.1 Å². The molecular formula is C14H13Cl2NO5S. The van der Waals surface area contributed by atoms with Gasteiger partial charge in [-0.2, -0.15) is 0 Å². The van der Waals surface area contributed by atoms with Crippen molar-refractivity contribution >= 4 is 39.2 Å². The Hall–Kier alpha value is -1.54. The van der Waals surface area contributed by atoms with Crippen LogP contribution in [0.25, 0.3) is 0 Å². The van der Waals surface area contributed by atoms with Gasteiger partial charge in [0, 0.05) is 14.1 Å². The quantitative estimate of drug-likeness (QED) is 0.747. The number of sulfonamides is 1. The summed E-state index contributed by atoms with van der Waals surface area (Å²) in [6, 6.07) is 7.26. The van der Waals surface area contributed by atoms with Crippen molar-refractivity contribution in [3.63, 3.8) is 0 Å². The average molecular weight is 378 g/mol. The second kappa shape index (κ2) is 6.92. The Morgan fingerprint density at radius 3 is 2.48 bits per heavy atom. The molecule has 6 nitrogen and oxygen atoms in total. The summed E-state index contributed by atoms with van der Waals surface area (Å²) in [5, 5.41) is 0.410. The Kier molecular flexibility index (Phi) is 5.36. The maximum absolute atomic E-state index is 11.9. The molecular weight excluding hydrogens is 365 g/mol. The fourth-order valence-electron chi connectivity index (χ4n) is 1.60. The van der Waals surface area contributed by atoms with Crippen molar-refractivity contribution in [2.45, 2.75) is 11.7 Å². The molecule has 0 spiro atoms. The zero-order valence-electron chi connectivity index (χ0n) is 12.2. The van der Waals surface area contributed by atoms with Crippen LogP contribution in [0.15, 0.2) is 39.8 Å². The molecule has 124 valence electrons. The van der Waals surface area contributed by atoms with Gasteiger partial charge in [-0.3, -0.25) is 0 Å². The maximum atomic E-state index is 11.9. The summed E-state index contributed by atoms with van der Waals surface area (Å²) in [5.41, 5.74) is 0.639. The lowest BCUT2D eigenvalue weighted by molar-refractivity contribution is 0.0430. The van der Waals surface area contributed by atoms with Crippen molar-refractivity contribution in [2.24, 2.45) is 0 Å². The SMILES string of the molecule is CN(C)S(=O)(=O)c1ccc(C(=O)OCc2ccc(Cl)c(Cl)c2)o1. The Morgan fingerprint density at radius 2 is 1.87 bits per heavy atom. The normalized spacial score (nSPS) is 11.7. The highest BCUT2D eigenvalue weighted by Gasteiger charge is 2.24. The van der Waals surface area contributed by atoms with E-state index in [-0.39, 0.29) is 17.5 Å². The topological polar surface area (TPSA) is 76.8 Å². The molecule has 2 aromatic rings. The Bertz CT molecular complexity index is 829. The molecule has 0 saturated carbocycles. The molecule has 1 aromatic heterocycles. The highest BCUT2D eigenvalue weighted by atomic mass is 35.5. The molecule has 0 N–H and O–H groups in total. The van der Waals surface area contributed by atoms with Gasteiger partial charge in [-0.25, -0.2) is 17.5 Å². The van der Waals surface area contributed by atoms with Crippen molar-refractivity contribution in [1.29, 1.82) is 0 Å². The predicted molar refractivity (Wildman–Crippen MR) is 85.2 cm³/mol. The molecule has 0 saturated heterocycles. The van der Waals surface area contributed by atoms with Crippen molar-refractivity contribution in [3.8, 4) is 0 Å². The van der Waals surface area contributed by atoms with E-state index in [0.29, 0.717) is 15.6 Å². The molecule has 0 radical (unpaired) electrons. The summed E-state index contributed by atoms with van der Waals surface area (Å²) in [4.78, 5) is 11.9. The van der Waals surface area contributed by atoms with Crippen molar-refractivity contribution in [1.82, 2.24) is 4.31 Å². The fourth-order valence-corrected chi connectivity index (χ4v) is 2.71. The number of rotatable bonds is 5. The number of hydrogen-bond acceptors (Lipinski definition) is 5. The summed E-state index contributed by atoms with van der Waals surface area (Å²) in [5.74, 6) is -0.984. The van der Waals surface area contributed by atoms with Gasteiger partial charge in [-0.15, -0.1) is 0 Å². The first-order valence-electron chi connectivity index (χ1n) is 6.35. The Morgan fingerprint density at radius 1 is 1.17 bits per heavy atom. The number of ether oxygens (including phenoxy) is 1. The number of furan rings is 1. The fraction of sp³-hybridized carbons (Fsp3) is 0.214. The third-order valence-corrected chi connectivity index (χ3v) is 5.30. The molecule has 1 aromatic carbocycles. The Balaban J connectivity index is 2.07. The first kappa shape index (κ1) is 17.8. The maximum Gasteiger partial charge on any atom is 0.374 e. The zero-order valence-corrected chi connectivity index (χ0v) is 14.6. The van der Waals surface area contributed by atoms with E-state index in [2.05, 4.69) is 0 Å². The lowest BCUT2D eigenvalue weighted by Crippen LogP contribution is -2.21.